The van der Waals surface area contributed by atoms with E-state index in [0.717, 1.165) is 5.56 Å². The van der Waals surface area contributed by atoms with E-state index < -0.39 is 0 Å². The lowest BCUT2D eigenvalue weighted by Crippen LogP contribution is -2.04. The fourth-order valence-corrected chi connectivity index (χ4v) is 1.81. The highest BCUT2D eigenvalue weighted by Crippen LogP contribution is 2.20. The second-order valence-corrected chi connectivity index (χ2v) is 4.45. The van der Waals surface area contributed by atoms with Gasteiger partial charge < -0.3 is 11.1 Å². The van der Waals surface area contributed by atoms with Crippen LogP contribution in [-0.4, -0.2) is 4.98 Å². The number of benzene rings is 1. The molecule has 0 aliphatic carbocycles. The lowest BCUT2D eigenvalue weighted by molar-refractivity contribution is 1.11. The monoisotopic (exact) mass is 267 g/mol. The van der Waals surface area contributed by atoms with E-state index in [1.807, 2.05) is 24.3 Å². The Morgan fingerprint density at radius 1 is 1.18 bits per heavy atom. The number of nitrogen functional groups attached to an aromatic ring is 1. The number of anilines is 2. The molecule has 0 amide bonds. The van der Waals surface area contributed by atoms with Crippen molar-refractivity contribution in [3.8, 4) is 0 Å². The van der Waals surface area contributed by atoms with Crippen LogP contribution >= 0.6 is 23.2 Å². The molecule has 0 aliphatic heterocycles. The van der Waals surface area contributed by atoms with E-state index in [9.17, 15) is 0 Å². The second-order valence-electron chi connectivity index (χ2n) is 3.57. The Morgan fingerprint density at radius 2 is 2.00 bits per heavy atom. The molecule has 0 saturated carbocycles. The van der Waals surface area contributed by atoms with Crippen molar-refractivity contribution in [1.82, 2.24) is 4.98 Å². The minimum atomic E-state index is 0.524. The molecule has 0 radical (unpaired) electrons. The summed E-state index contributed by atoms with van der Waals surface area (Å²) in [7, 11) is 0. The summed E-state index contributed by atoms with van der Waals surface area (Å²) in [6.45, 7) is 0.611. The van der Waals surface area contributed by atoms with Gasteiger partial charge in [0, 0.05) is 17.8 Å². The molecule has 2 aromatic rings. The van der Waals surface area contributed by atoms with E-state index in [2.05, 4.69) is 10.3 Å². The Morgan fingerprint density at radius 3 is 2.71 bits per heavy atom. The first-order chi connectivity index (χ1) is 8.15. The van der Waals surface area contributed by atoms with Gasteiger partial charge in [-0.1, -0.05) is 35.3 Å². The maximum atomic E-state index is 5.89. The van der Waals surface area contributed by atoms with Crippen molar-refractivity contribution in [3.63, 3.8) is 0 Å². The summed E-state index contributed by atoms with van der Waals surface area (Å²) in [6, 6.07) is 9.26. The molecule has 0 bridgehead atoms. The van der Waals surface area contributed by atoms with Crippen LogP contribution < -0.4 is 11.1 Å². The van der Waals surface area contributed by atoms with Gasteiger partial charge in [-0.3, -0.25) is 0 Å². The van der Waals surface area contributed by atoms with Gasteiger partial charge in [0.05, 0.1) is 10.7 Å². The minimum Gasteiger partial charge on any atom is -0.396 e. The summed E-state index contributed by atoms with van der Waals surface area (Å²) in [5.74, 6) is 0.620. The molecule has 3 N–H and O–H groups in total. The highest BCUT2D eigenvalue weighted by Gasteiger charge is 2.01. The van der Waals surface area contributed by atoms with Crippen molar-refractivity contribution in [1.29, 1.82) is 0 Å². The van der Waals surface area contributed by atoms with Crippen molar-refractivity contribution in [2.75, 3.05) is 11.1 Å². The van der Waals surface area contributed by atoms with Gasteiger partial charge in [0.2, 0.25) is 0 Å². The van der Waals surface area contributed by atoms with E-state index in [1.165, 1.54) is 0 Å². The van der Waals surface area contributed by atoms with Gasteiger partial charge in [0.1, 0.15) is 5.82 Å². The highest BCUT2D eigenvalue weighted by atomic mass is 35.5. The predicted molar refractivity (Wildman–Crippen MR) is 72.4 cm³/mol. The SMILES string of the molecule is Nc1cc(Cl)cnc1NCc1cccc(Cl)c1. The zero-order valence-electron chi connectivity index (χ0n) is 8.95. The number of pyridine rings is 1. The minimum absolute atomic E-state index is 0.524. The van der Waals surface area contributed by atoms with Crippen LogP contribution in [-0.2, 0) is 6.54 Å². The number of hydrogen-bond donors (Lipinski definition) is 2. The molecule has 0 unspecified atom stereocenters. The first-order valence-electron chi connectivity index (χ1n) is 5.04. The third kappa shape index (κ3) is 3.25. The zero-order valence-corrected chi connectivity index (χ0v) is 10.5. The molecule has 5 heteroatoms. The second kappa shape index (κ2) is 5.25. The molecular formula is C12H11Cl2N3. The van der Waals surface area contributed by atoms with E-state index in [1.54, 1.807) is 12.3 Å². The molecule has 1 aromatic heterocycles. The standard InChI is InChI=1S/C12H11Cl2N3/c13-9-3-1-2-8(4-9)6-16-12-11(15)5-10(14)7-17-12/h1-5,7H,6,15H2,(H,16,17). The number of rotatable bonds is 3. The largest absolute Gasteiger partial charge is 0.396 e. The summed E-state index contributed by atoms with van der Waals surface area (Å²) < 4.78 is 0. The van der Waals surface area contributed by atoms with Crippen molar-refractivity contribution in [3.05, 3.63) is 52.1 Å². The first-order valence-corrected chi connectivity index (χ1v) is 5.80. The molecule has 2 rings (SSSR count). The highest BCUT2D eigenvalue weighted by molar-refractivity contribution is 6.31. The summed E-state index contributed by atoms with van der Waals surface area (Å²) in [5, 5.41) is 4.36. The van der Waals surface area contributed by atoms with Crippen LogP contribution in [0.3, 0.4) is 0 Å². The smallest absolute Gasteiger partial charge is 0.149 e. The number of nitrogens with zero attached hydrogens (tertiary/aromatic N) is 1. The molecule has 0 aliphatic rings. The van der Waals surface area contributed by atoms with Gasteiger partial charge in [0.15, 0.2) is 0 Å². The zero-order chi connectivity index (χ0) is 12.3. The lowest BCUT2D eigenvalue weighted by Gasteiger charge is -2.08. The Hall–Kier alpha value is -1.45. The fourth-order valence-electron chi connectivity index (χ4n) is 1.44. The molecule has 1 heterocycles. The Balaban J connectivity index is 2.07. The van der Waals surface area contributed by atoms with Gasteiger partial charge in [0.25, 0.3) is 0 Å². The summed E-state index contributed by atoms with van der Waals surface area (Å²) in [4.78, 5) is 4.11. The van der Waals surface area contributed by atoms with E-state index in [-0.39, 0.29) is 0 Å². The average Bonchev–Trinajstić information content (AvgIpc) is 2.28. The van der Waals surface area contributed by atoms with Crippen LogP contribution in [0.2, 0.25) is 10.0 Å². The normalized spacial score (nSPS) is 10.2. The quantitative estimate of drug-likeness (QED) is 0.894. The van der Waals surface area contributed by atoms with Crippen molar-refractivity contribution >= 4 is 34.7 Å². The van der Waals surface area contributed by atoms with Crippen LogP contribution in [0.1, 0.15) is 5.56 Å². The number of hydrogen-bond acceptors (Lipinski definition) is 3. The van der Waals surface area contributed by atoms with Crippen LogP contribution in [0.4, 0.5) is 11.5 Å². The predicted octanol–water partition coefficient (Wildman–Crippen LogP) is 3.58. The molecule has 0 spiro atoms. The summed E-state index contributed by atoms with van der Waals surface area (Å²) in [6.07, 6.45) is 1.55. The van der Waals surface area contributed by atoms with Crippen LogP contribution in [0.25, 0.3) is 0 Å². The summed E-state index contributed by atoms with van der Waals surface area (Å²) in [5.41, 5.74) is 7.37. The van der Waals surface area contributed by atoms with Gasteiger partial charge >= 0.3 is 0 Å². The van der Waals surface area contributed by atoms with Crippen molar-refractivity contribution < 1.29 is 0 Å². The van der Waals surface area contributed by atoms with Gasteiger partial charge in [-0.25, -0.2) is 4.98 Å². The Kier molecular flexibility index (Phi) is 3.71. The number of aromatic nitrogens is 1. The molecule has 88 valence electrons. The maximum absolute atomic E-state index is 5.89. The molecule has 1 aromatic carbocycles. The van der Waals surface area contributed by atoms with Crippen LogP contribution in [0, 0.1) is 0 Å². The number of nitrogens with one attached hydrogen (secondary N) is 1. The topological polar surface area (TPSA) is 50.9 Å². The van der Waals surface area contributed by atoms with Gasteiger partial charge in [-0.05, 0) is 23.8 Å². The number of nitrogens with two attached hydrogens (primary N) is 1. The first kappa shape index (κ1) is 12.0. The van der Waals surface area contributed by atoms with Crippen molar-refractivity contribution in [2.24, 2.45) is 0 Å². The Labute approximate surface area is 110 Å². The van der Waals surface area contributed by atoms with Gasteiger partial charge in [-0.2, -0.15) is 0 Å². The third-order valence-corrected chi connectivity index (χ3v) is 2.67. The molecule has 0 atom stereocenters. The van der Waals surface area contributed by atoms with Crippen LogP contribution in [0.5, 0.6) is 0 Å². The van der Waals surface area contributed by atoms with E-state index in [4.69, 9.17) is 28.9 Å². The molecular weight excluding hydrogens is 257 g/mol. The average molecular weight is 268 g/mol. The fraction of sp³-hybridized carbons (Fsp3) is 0.0833. The summed E-state index contributed by atoms with van der Waals surface area (Å²) >= 11 is 11.7. The lowest BCUT2D eigenvalue weighted by atomic mass is 10.2. The third-order valence-electron chi connectivity index (χ3n) is 2.23. The van der Waals surface area contributed by atoms with E-state index in [0.29, 0.717) is 28.1 Å². The number of halogens is 2. The van der Waals surface area contributed by atoms with Gasteiger partial charge in [-0.15, -0.1) is 0 Å². The molecule has 17 heavy (non-hydrogen) atoms. The van der Waals surface area contributed by atoms with E-state index >= 15 is 0 Å². The van der Waals surface area contributed by atoms with Crippen LogP contribution in [0.15, 0.2) is 36.5 Å². The molecule has 3 nitrogen and oxygen atoms in total. The molecule has 0 fully saturated rings. The Bertz CT molecular complexity index is 529. The maximum Gasteiger partial charge on any atom is 0.149 e. The van der Waals surface area contributed by atoms with Crippen molar-refractivity contribution in [2.45, 2.75) is 6.54 Å². The molecule has 0 saturated heterocycles.